The van der Waals surface area contributed by atoms with Gasteiger partial charge in [0.2, 0.25) is 5.91 Å². The maximum Gasteiger partial charge on any atom is 0.267 e. The number of nitrogens with one attached hydrogen (secondary N) is 1. The summed E-state index contributed by atoms with van der Waals surface area (Å²) < 4.78 is 32.1. The molecule has 0 spiro atoms. The molecule has 7 heteroatoms. The lowest BCUT2D eigenvalue weighted by Crippen LogP contribution is -2.46. The van der Waals surface area contributed by atoms with Gasteiger partial charge in [-0.15, -0.1) is 0 Å². The minimum atomic E-state index is -4.37. The number of allylic oxidation sites excluding steroid dienone is 11. The fraction of sp³-hybridized carbons (Fsp3) is 0.594. The van der Waals surface area contributed by atoms with Gasteiger partial charge in [-0.2, -0.15) is 8.42 Å². The fourth-order valence-electron chi connectivity index (χ4n) is 3.71. The Balaban J connectivity index is 4.35. The zero-order chi connectivity index (χ0) is 29.0. The molecule has 0 heterocycles. The normalized spacial score (nSPS) is 14.7. The summed E-state index contributed by atoms with van der Waals surface area (Å²) in [6.45, 7) is 4.32. The molecule has 0 fully saturated rings. The van der Waals surface area contributed by atoms with E-state index < -0.39 is 28.0 Å². The summed E-state index contributed by atoms with van der Waals surface area (Å²) in [6, 6.07) is -1.11. The highest BCUT2D eigenvalue weighted by atomic mass is 32.2. The van der Waals surface area contributed by atoms with Crippen molar-refractivity contribution in [2.75, 3.05) is 5.75 Å². The average Bonchev–Trinajstić information content (AvgIpc) is 2.88. The molecule has 0 saturated heterocycles. The Kier molecular flexibility index (Phi) is 24.5. The number of hydrogen-bond acceptors (Lipinski definition) is 4. The van der Waals surface area contributed by atoms with Crippen LogP contribution in [-0.4, -0.2) is 41.9 Å². The first-order valence-electron chi connectivity index (χ1n) is 14.6. The Morgan fingerprint density at radius 2 is 1.26 bits per heavy atom. The summed E-state index contributed by atoms with van der Waals surface area (Å²) >= 11 is 0. The van der Waals surface area contributed by atoms with Crippen LogP contribution < -0.4 is 5.32 Å². The Bertz CT molecular complexity index is 884. The van der Waals surface area contributed by atoms with Crippen LogP contribution in [0.3, 0.4) is 0 Å². The van der Waals surface area contributed by atoms with Crippen molar-refractivity contribution in [1.82, 2.24) is 5.32 Å². The van der Waals surface area contributed by atoms with E-state index in [1.54, 1.807) is 6.08 Å². The monoisotopic (exact) mass is 563 g/mol. The Hall–Kier alpha value is -2.22. The summed E-state index contributed by atoms with van der Waals surface area (Å²) in [4.78, 5) is 12.3. The third kappa shape index (κ3) is 27.1. The number of aliphatic hydroxyl groups is 1. The molecule has 0 bridgehead atoms. The number of aliphatic hydroxyl groups excluding tert-OH is 1. The second-order valence-electron chi connectivity index (χ2n) is 9.63. The van der Waals surface area contributed by atoms with Crippen molar-refractivity contribution < 1.29 is 22.9 Å². The molecule has 6 nitrogen and oxygen atoms in total. The molecule has 2 atom stereocenters. The molecule has 39 heavy (non-hydrogen) atoms. The quantitative estimate of drug-likeness (QED) is 0.0639. The number of hydrogen-bond donors (Lipinski definition) is 3. The van der Waals surface area contributed by atoms with Crippen LogP contribution in [-0.2, 0) is 14.9 Å². The van der Waals surface area contributed by atoms with Crippen LogP contribution in [0.2, 0.25) is 0 Å². The zero-order valence-electron chi connectivity index (χ0n) is 24.2. The lowest BCUT2D eigenvalue weighted by molar-refractivity contribution is -0.122. The Morgan fingerprint density at radius 3 is 1.87 bits per heavy atom. The van der Waals surface area contributed by atoms with Gasteiger partial charge in [0.1, 0.15) is 0 Å². The summed E-state index contributed by atoms with van der Waals surface area (Å²) in [5, 5.41) is 13.0. The molecule has 0 aliphatic carbocycles. The van der Waals surface area contributed by atoms with Crippen LogP contribution in [0.5, 0.6) is 0 Å². The molecular weight excluding hydrogens is 510 g/mol. The molecule has 0 aliphatic heterocycles. The predicted octanol–water partition coefficient (Wildman–Crippen LogP) is 7.56. The Morgan fingerprint density at radius 1 is 0.718 bits per heavy atom. The van der Waals surface area contributed by atoms with Gasteiger partial charge in [-0.3, -0.25) is 9.35 Å². The molecule has 0 saturated carbocycles. The highest BCUT2D eigenvalue weighted by Gasteiger charge is 2.24. The van der Waals surface area contributed by atoms with Gasteiger partial charge in [-0.1, -0.05) is 112 Å². The van der Waals surface area contributed by atoms with E-state index in [0.717, 1.165) is 38.5 Å². The maximum absolute atomic E-state index is 12.3. The highest BCUT2D eigenvalue weighted by molar-refractivity contribution is 7.85. The largest absolute Gasteiger partial charge is 0.387 e. The summed E-state index contributed by atoms with van der Waals surface area (Å²) in [5.41, 5.74) is 0. The van der Waals surface area contributed by atoms with Gasteiger partial charge >= 0.3 is 0 Å². The van der Waals surface area contributed by atoms with Gasteiger partial charge in [0.15, 0.2) is 0 Å². The van der Waals surface area contributed by atoms with Crippen LogP contribution in [0.1, 0.15) is 104 Å². The van der Waals surface area contributed by atoms with Gasteiger partial charge in [0, 0.05) is 6.42 Å². The van der Waals surface area contributed by atoms with Crippen molar-refractivity contribution >= 4 is 16.0 Å². The van der Waals surface area contributed by atoms with Gasteiger partial charge in [0.25, 0.3) is 10.1 Å². The van der Waals surface area contributed by atoms with Crippen molar-refractivity contribution in [3.8, 4) is 0 Å². The standard InChI is InChI=1S/C32H53NO5S/c1-3-5-7-9-11-13-15-16-18-20-22-24-26-28-32(35)33-30(29-39(36,37)38)31(34)27-25-23-21-19-17-14-12-10-8-6-4-2/h5,7,11,13,16-19,22,24-25,27,30-31,34H,3-4,6,8-10,12,14-15,20-21,23,26,28-29H2,1-2H3,(H,33,35)(H,36,37,38)/b7-5-,13-11-,18-16-,19-17+,24-22-,27-25+. The van der Waals surface area contributed by atoms with Crippen molar-refractivity contribution in [2.45, 2.75) is 116 Å². The Labute approximate surface area is 238 Å². The summed E-state index contributed by atoms with van der Waals surface area (Å²) in [5.74, 6) is -1.12. The second-order valence-corrected chi connectivity index (χ2v) is 11.1. The third-order valence-corrected chi connectivity index (χ3v) is 6.66. The first kappa shape index (κ1) is 36.8. The second kappa shape index (κ2) is 26.0. The molecule has 2 unspecified atom stereocenters. The molecule has 0 rings (SSSR count). The molecule has 0 aromatic rings. The minimum Gasteiger partial charge on any atom is -0.387 e. The highest BCUT2D eigenvalue weighted by Crippen LogP contribution is 2.07. The molecule has 0 aromatic carbocycles. The van der Waals surface area contributed by atoms with Crippen LogP contribution >= 0.6 is 0 Å². The third-order valence-electron chi connectivity index (χ3n) is 5.88. The number of carbonyl (C=O) groups is 1. The van der Waals surface area contributed by atoms with Crippen LogP contribution in [0.4, 0.5) is 0 Å². The minimum absolute atomic E-state index is 0.163. The van der Waals surface area contributed by atoms with Crippen LogP contribution in [0.15, 0.2) is 72.9 Å². The van der Waals surface area contributed by atoms with E-state index in [2.05, 4.69) is 67.8 Å². The lowest BCUT2D eigenvalue weighted by Gasteiger charge is -2.20. The summed E-state index contributed by atoms with van der Waals surface area (Å²) in [7, 11) is -4.37. The smallest absolute Gasteiger partial charge is 0.267 e. The van der Waals surface area contributed by atoms with E-state index in [4.69, 9.17) is 0 Å². The SMILES string of the molecule is CC/C=C\C/C=C\C/C=C\C/C=C\CCC(=O)NC(CS(=O)(=O)O)C(O)/C=C/CC/C=C/CCCCCCC. The van der Waals surface area contributed by atoms with E-state index in [0.29, 0.717) is 12.8 Å². The van der Waals surface area contributed by atoms with E-state index in [-0.39, 0.29) is 12.3 Å². The first-order valence-corrected chi connectivity index (χ1v) is 16.2. The molecule has 1 amide bonds. The van der Waals surface area contributed by atoms with Crippen molar-refractivity contribution in [3.05, 3.63) is 72.9 Å². The number of rotatable bonds is 24. The number of carbonyl (C=O) groups excluding carboxylic acids is 1. The van der Waals surface area contributed by atoms with E-state index >= 15 is 0 Å². The molecule has 222 valence electrons. The van der Waals surface area contributed by atoms with E-state index in [9.17, 15) is 22.9 Å². The van der Waals surface area contributed by atoms with Gasteiger partial charge < -0.3 is 10.4 Å². The van der Waals surface area contributed by atoms with Crippen LogP contribution in [0, 0.1) is 0 Å². The van der Waals surface area contributed by atoms with E-state index in [1.807, 2.05) is 12.2 Å². The maximum atomic E-state index is 12.3. The molecule has 0 aromatic heterocycles. The predicted molar refractivity (Wildman–Crippen MR) is 165 cm³/mol. The number of unbranched alkanes of at least 4 members (excludes halogenated alkanes) is 6. The average molecular weight is 564 g/mol. The topological polar surface area (TPSA) is 104 Å². The van der Waals surface area contributed by atoms with Crippen molar-refractivity contribution in [2.24, 2.45) is 0 Å². The van der Waals surface area contributed by atoms with Crippen molar-refractivity contribution in [1.29, 1.82) is 0 Å². The molecule has 0 radical (unpaired) electrons. The zero-order valence-corrected chi connectivity index (χ0v) is 25.0. The van der Waals surface area contributed by atoms with Gasteiger partial charge in [-0.25, -0.2) is 0 Å². The molecular formula is C32H53NO5S. The van der Waals surface area contributed by atoms with Crippen LogP contribution in [0.25, 0.3) is 0 Å². The molecule has 0 aliphatic rings. The fourth-order valence-corrected chi connectivity index (χ4v) is 4.44. The van der Waals surface area contributed by atoms with E-state index in [1.165, 1.54) is 38.2 Å². The van der Waals surface area contributed by atoms with Gasteiger partial charge in [0.05, 0.1) is 17.9 Å². The number of amides is 1. The van der Waals surface area contributed by atoms with Gasteiger partial charge in [-0.05, 0) is 57.8 Å². The van der Waals surface area contributed by atoms with Crippen molar-refractivity contribution in [3.63, 3.8) is 0 Å². The first-order chi connectivity index (χ1) is 18.8. The molecule has 3 N–H and O–H groups in total. The summed E-state index contributed by atoms with van der Waals surface area (Å²) in [6.07, 6.45) is 36.2. The lowest BCUT2D eigenvalue weighted by atomic mass is 10.1.